The van der Waals surface area contributed by atoms with Gasteiger partial charge in [-0.2, -0.15) is 0 Å². The smallest absolute Gasteiger partial charge is 0.275 e. The zero-order chi connectivity index (χ0) is 21.7. The van der Waals surface area contributed by atoms with Gasteiger partial charge in [0.1, 0.15) is 22.1 Å². The normalized spacial score (nSPS) is 10.9. The number of ether oxygens (including phenoxy) is 2. The number of amides is 1. The Morgan fingerprint density at radius 1 is 1.00 bits per heavy atom. The molecule has 1 amide bonds. The summed E-state index contributed by atoms with van der Waals surface area (Å²) in [5.41, 5.74) is 0.667. The van der Waals surface area contributed by atoms with E-state index in [0.29, 0.717) is 15.9 Å². The molecule has 0 radical (unpaired) electrons. The van der Waals surface area contributed by atoms with Gasteiger partial charge in [0.25, 0.3) is 15.9 Å². The molecule has 0 spiro atoms. The Morgan fingerprint density at radius 3 is 2.33 bits per heavy atom. The second kappa shape index (κ2) is 9.09. The fourth-order valence-electron chi connectivity index (χ4n) is 2.52. The molecule has 156 valence electrons. The van der Waals surface area contributed by atoms with E-state index in [2.05, 4.69) is 35.9 Å². The second-order valence-electron chi connectivity index (χ2n) is 5.87. The fraction of sp³-hybridized carbons (Fsp3) is 0.105. The highest BCUT2D eigenvalue weighted by molar-refractivity contribution is 9.10. The van der Waals surface area contributed by atoms with Gasteiger partial charge in [0, 0.05) is 18.1 Å². The molecule has 30 heavy (non-hydrogen) atoms. The predicted octanol–water partition coefficient (Wildman–Crippen LogP) is 3.31. The lowest BCUT2D eigenvalue weighted by molar-refractivity contribution is 0.102. The van der Waals surface area contributed by atoms with Crippen LogP contribution in [-0.2, 0) is 10.0 Å². The van der Waals surface area contributed by atoms with E-state index in [4.69, 9.17) is 9.47 Å². The van der Waals surface area contributed by atoms with Crippen molar-refractivity contribution < 1.29 is 22.7 Å². The van der Waals surface area contributed by atoms with Crippen molar-refractivity contribution in [3.63, 3.8) is 0 Å². The number of carbonyl (C=O) groups excluding carboxylic acids is 1. The first kappa shape index (κ1) is 21.5. The summed E-state index contributed by atoms with van der Waals surface area (Å²) in [7, 11) is -1.16. The number of hydrogen-bond acceptors (Lipinski definition) is 7. The van der Waals surface area contributed by atoms with E-state index in [1.54, 1.807) is 18.2 Å². The van der Waals surface area contributed by atoms with Gasteiger partial charge in [0.2, 0.25) is 0 Å². The largest absolute Gasteiger partial charge is 0.496 e. The molecule has 2 N–H and O–H groups in total. The van der Waals surface area contributed by atoms with E-state index >= 15 is 0 Å². The van der Waals surface area contributed by atoms with Crippen LogP contribution in [0.2, 0.25) is 0 Å². The molecule has 0 saturated carbocycles. The van der Waals surface area contributed by atoms with Crippen LogP contribution in [0.15, 0.2) is 64.4 Å². The van der Waals surface area contributed by atoms with Crippen LogP contribution in [-0.4, -0.2) is 38.5 Å². The van der Waals surface area contributed by atoms with Crippen LogP contribution >= 0.6 is 15.9 Å². The predicted molar refractivity (Wildman–Crippen MR) is 114 cm³/mol. The number of carbonyl (C=O) groups is 1. The van der Waals surface area contributed by atoms with Gasteiger partial charge in [-0.1, -0.05) is 0 Å². The Bertz CT molecular complexity index is 1170. The molecular weight excluding hydrogens is 476 g/mol. The monoisotopic (exact) mass is 492 g/mol. The quantitative estimate of drug-likeness (QED) is 0.518. The van der Waals surface area contributed by atoms with Crippen molar-refractivity contribution in [2.75, 3.05) is 24.3 Å². The lowest BCUT2D eigenvalue weighted by atomic mass is 10.3. The van der Waals surface area contributed by atoms with Crippen LogP contribution in [0.5, 0.6) is 11.5 Å². The molecule has 0 fully saturated rings. The number of methoxy groups -OCH3 is 2. The highest BCUT2D eigenvalue weighted by atomic mass is 79.9. The third-order valence-electron chi connectivity index (χ3n) is 3.91. The standard InChI is InChI=1S/C19H17BrN4O5S/c1-28-16-5-4-13(9-14(16)20)24-30(26,27)18-10-12(3-6-17(18)29-2)23-19(25)15-11-21-7-8-22-15/h3-11,24H,1-2H3,(H,23,25). The molecule has 3 aromatic rings. The summed E-state index contributed by atoms with van der Waals surface area (Å²) in [6.07, 6.45) is 4.13. The van der Waals surface area contributed by atoms with Crippen molar-refractivity contribution in [2.24, 2.45) is 0 Å². The minimum atomic E-state index is -4.03. The van der Waals surface area contributed by atoms with Crippen LogP contribution in [0, 0.1) is 0 Å². The first-order valence-electron chi connectivity index (χ1n) is 8.46. The van der Waals surface area contributed by atoms with Gasteiger partial charge in [0.15, 0.2) is 0 Å². The first-order chi connectivity index (χ1) is 14.3. The highest BCUT2D eigenvalue weighted by Crippen LogP contribution is 2.32. The molecule has 0 unspecified atom stereocenters. The number of anilines is 2. The molecule has 1 heterocycles. The van der Waals surface area contributed by atoms with Gasteiger partial charge in [0.05, 0.1) is 30.6 Å². The molecule has 3 rings (SSSR count). The van der Waals surface area contributed by atoms with Gasteiger partial charge < -0.3 is 14.8 Å². The van der Waals surface area contributed by atoms with Gasteiger partial charge in [-0.05, 0) is 52.3 Å². The summed E-state index contributed by atoms with van der Waals surface area (Å²) in [4.78, 5) is 19.9. The van der Waals surface area contributed by atoms with E-state index in [0.717, 1.165) is 0 Å². The summed E-state index contributed by atoms with van der Waals surface area (Å²) in [5, 5.41) is 2.60. The lowest BCUT2D eigenvalue weighted by Gasteiger charge is -2.14. The van der Waals surface area contributed by atoms with Crippen LogP contribution in [0.25, 0.3) is 0 Å². The Kier molecular flexibility index (Phi) is 6.53. The topological polar surface area (TPSA) is 120 Å². The SMILES string of the molecule is COc1ccc(NS(=O)(=O)c2cc(NC(=O)c3cnccn3)ccc2OC)cc1Br. The summed E-state index contributed by atoms with van der Waals surface area (Å²) in [6, 6.07) is 9.03. The van der Waals surface area contributed by atoms with Crippen molar-refractivity contribution in [1.29, 1.82) is 0 Å². The van der Waals surface area contributed by atoms with Crippen LogP contribution in [0.1, 0.15) is 10.5 Å². The van der Waals surface area contributed by atoms with Crippen molar-refractivity contribution >= 4 is 43.2 Å². The Morgan fingerprint density at radius 2 is 1.70 bits per heavy atom. The molecule has 0 saturated heterocycles. The Balaban J connectivity index is 1.90. The van der Waals surface area contributed by atoms with Gasteiger partial charge in [-0.25, -0.2) is 13.4 Å². The van der Waals surface area contributed by atoms with Gasteiger partial charge in [-0.15, -0.1) is 0 Å². The van der Waals surface area contributed by atoms with Crippen molar-refractivity contribution in [3.05, 3.63) is 65.2 Å². The van der Waals surface area contributed by atoms with E-state index in [1.807, 2.05) is 0 Å². The van der Waals surface area contributed by atoms with E-state index in [-0.39, 0.29) is 22.0 Å². The maximum Gasteiger partial charge on any atom is 0.275 e. The Hall–Kier alpha value is -3.18. The third kappa shape index (κ3) is 4.86. The maximum absolute atomic E-state index is 13.0. The number of nitrogens with one attached hydrogen (secondary N) is 2. The molecule has 0 bridgehead atoms. The van der Waals surface area contributed by atoms with Crippen molar-refractivity contribution in [2.45, 2.75) is 4.90 Å². The molecule has 2 aromatic carbocycles. The third-order valence-corrected chi connectivity index (χ3v) is 5.93. The second-order valence-corrected chi connectivity index (χ2v) is 8.37. The summed E-state index contributed by atoms with van der Waals surface area (Å²) in [6.45, 7) is 0. The fourth-order valence-corrected chi connectivity index (χ4v) is 4.30. The zero-order valence-corrected chi connectivity index (χ0v) is 18.3. The molecule has 0 atom stereocenters. The Labute approximate surface area is 181 Å². The van der Waals surface area contributed by atoms with Gasteiger partial charge in [-0.3, -0.25) is 14.5 Å². The lowest BCUT2D eigenvalue weighted by Crippen LogP contribution is -2.16. The number of hydrogen-bond donors (Lipinski definition) is 2. The van der Waals surface area contributed by atoms with Crippen molar-refractivity contribution in [3.8, 4) is 11.5 Å². The van der Waals surface area contributed by atoms with Crippen molar-refractivity contribution in [1.82, 2.24) is 9.97 Å². The van der Waals surface area contributed by atoms with Crippen LogP contribution in [0.3, 0.4) is 0 Å². The number of halogens is 1. The summed E-state index contributed by atoms with van der Waals surface area (Å²) in [5.74, 6) is 0.153. The number of rotatable bonds is 7. The average Bonchev–Trinajstić information content (AvgIpc) is 2.74. The number of sulfonamides is 1. The number of nitrogens with zero attached hydrogens (tertiary/aromatic N) is 2. The van der Waals surface area contributed by atoms with Crippen LogP contribution in [0.4, 0.5) is 11.4 Å². The number of aromatic nitrogens is 2. The average molecular weight is 493 g/mol. The van der Waals surface area contributed by atoms with E-state index in [1.165, 1.54) is 51.0 Å². The molecule has 0 aliphatic heterocycles. The maximum atomic E-state index is 13.0. The number of benzene rings is 2. The zero-order valence-electron chi connectivity index (χ0n) is 15.9. The molecule has 0 aliphatic carbocycles. The van der Waals surface area contributed by atoms with E-state index in [9.17, 15) is 13.2 Å². The summed E-state index contributed by atoms with van der Waals surface area (Å²) >= 11 is 3.32. The van der Waals surface area contributed by atoms with Crippen LogP contribution < -0.4 is 19.5 Å². The highest BCUT2D eigenvalue weighted by Gasteiger charge is 2.21. The molecule has 9 nitrogen and oxygen atoms in total. The minimum absolute atomic E-state index is 0.0962. The molecule has 1 aromatic heterocycles. The molecular formula is C19H17BrN4O5S. The molecule has 0 aliphatic rings. The van der Waals surface area contributed by atoms with E-state index < -0.39 is 15.9 Å². The minimum Gasteiger partial charge on any atom is -0.496 e. The summed E-state index contributed by atoms with van der Waals surface area (Å²) < 4.78 is 39.4. The first-order valence-corrected chi connectivity index (χ1v) is 10.7. The van der Waals surface area contributed by atoms with Gasteiger partial charge >= 0.3 is 0 Å². The molecule has 11 heteroatoms.